The number of hydrogen-bond donors (Lipinski definition) is 3. The third-order valence-electron chi connectivity index (χ3n) is 3.00. The molecule has 0 aliphatic heterocycles. The van der Waals surface area contributed by atoms with E-state index in [0.29, 0.717) is 10.2 Å². The Bertz CT molecular complexity index is 585. The van der Waals surface area contributed by atoms with Crippen LogP contribution < -0.4 is 10.6 Å². The van der Waals surface area contributed by atoms with Crippen LogP contribution in [0.5, 0.6) is 0 Å². The summed E-state index contributed by atoms with van der Waals surface area (Å²) in [5.74, 6) is -1.21. The van der Waals surface area contributed by atoms with E-state index in [-0.39, 0.29) is 26.1 Å². The van der Waals surface area contributed by atoms with E-state index < -0.39 is 31.1 Å². The van der Waals surface area contributed by atoms with E-state index in [2.05, 4.69) is 26.6 Å². The van der Waals surface area contributed by atoms with E-state index in [1.807, 2.05) is 0 Å². The number of carbonyl (C=O) groups excluding carboxylic acids is 2. The fourth-order valence-electron chi connectivity index (χ4n) is 1.96. The highest BCUT2D eigenvalue weighted by Crippen LogP contribution is 2.20. The van der Waals surface area contributed by atoms with Gasteiger partial charge < -0.3 is 15.7 Å². The van der Waals surface area contributed by atoms with Gasteiger partial charge in [0, 0.05) is 17.6 Å². The fraction of sp³-hybridized carbons (Fsp3) is 0.467. The number of aliphatic hydroxyl groups excluding tert-OH is 1. The smallest absolute Gasteiger partial charge is 0.396 e. The van der Waals surface area contributed by atoms with E-state index in [0.717, 1.165) is 4.90 Å². The molecule has 0 aliphatic rings. The van der Waals surface area contributed by atoms with Crippen LogP contribution in [0.25, 0.3) is 0 Å². The van der Waals surface area contributed by atoms with Crippen LogP contribution in [0.2, 0.25) is 0 Å². The highest BCUT2D eigenvalue weighted by Gasteiger charge is 2.31. The number of rotatable bonds is 9. The summed E-state index contributed by atoms with van der Waals surface area (Å²) in [5.41, 5.74) is 0.517. The van der Waals surface area contributed by atoms with E-state index in [1.165, 1.54) is 0 Å². The molecule has 0 atom stereocenters. The first-order valence-corrected chi connectivity index (χ1v) is 8.21. The molecule has 10 heteroatoms. The molecule has 0 saturated carbocycles. The van der Waals surface area contributed by atoms with Gasteiger partial charge in [-0.1, -0.05) is 12.1 Å². The van der Waals surface area contributed by atoms with Crippen LogP contribution in [-0.2, 0) is 9.59 Å². The molecule has 2 amide bonds. The Labute approximate surface area is 151 Å². The standard InChI is InChI=1S/C15H19BrF3N3O3/c16-11-4-1-2-5-12(11)21-13(24)8-20-14(25)9-22(6-3-7-23)10-15(17,18)19/h1-2,4-5,23H,3,6-10H2,(H,20,25)(H,21,24). The van der Waals surface area contributed by atoms with Gasteiger partial charge in [0.1, 0.15) is 0 Å². The summed E-state index contributed by atoms with van der Waals surface area (Å²) in [7, 11) is 0. The molecule has 1 aromatic rings. The molecular formula is C15H19BrF3N3O3. The summed E-state index contributed by atoms with van der Waals surface area (Å²) in [4.78, 5) is 24.4. The number of hydrogen-bond acceptors (Lipinski definition) is 4. The lowest BCUT2D eigenvalue weighted by Gasteiger charge is -2.22. The first kappa shape index (κ1) is 21.4. The van der Waals surface area contributed by atoms with Crippen molar-refractivity contribution in [1.82, 2.24) is 10.2 Å². The molecule has 0 heterocycles. The van der Waals surface area contributed by atoms with Crippen molar-refractivity contribution < 1.29 is 27.9 Å². The number of anilines is 1. The third-order valence-corrected chi connectivity index (χ3v) is 3.69. The highest BCUT2D eigenvalue weighted by molar-refractivity contribution is 9.10. The second-order valence-electron chi connectivity index (χ2n) is 5.21. The van der Waals surface area contributed by atoms with Crippen molar-refractivity contribution >= 4 is 33.4 Å². The van der Waals surface area contributed by atoms with Gasteiger partial charge in [0.05, 0.1) is 25.3 Å². The number of aliphatic hydroxyl groups is 1. The zero-order chi connectivity index (χ0) is 18.9. The average molecular weight is 426 g/mol. The van der Waals surface area contributed by atoms with Crippen LogP contribution in [0.4, 0.5) is 18.9 Å². The molecule has 0 unspecified atom stereocenters. The van der Waals surface area contributed by atoms with Crippen LogP contribution in [0.3, 0.4) is 0 Å². The van der Waals surface area contributed by atoms with Gasteiger partial charge >= 0.3 is 6.18 Å². The molecule has 0 spiro atoms. The number of carbonyl (C=O) groups is 2. The predicted molar refractivity (Wildman–Crippen MR) is 90.0 cm³/mol. The third kappa shape index (κ3) is 9.42. The minimum Gasteiger partial charge on any atom is -0.396 e. The molecule has 1 rings (SSSR count). The number of benzene rings is 1. The summed E-state index contributed by atoms with van der Waals surface area (Å²) in [6.45, 7) is -2.48. The fourth-order valence-corrected chi connectivity index (χ4v) is 2.34. The molecule has 0 saturated heterocycles. The number of para-hydroxylation sites is 1. The Hall–Kier alpha value is -1.65. The van der Waals surface area contributed by atoms with Crippen molar-refractivity contribution in [3.63, 3.8) is 0 Å². The quantitative estimate of drug-likeness (QED) is 0.562. The second kappa shape index (κ2) is 10.4. The van der Waals surface area contributed by atoms with Crippen LogP contribution in [0.15, 0.2) is 28.7 Å². The van der Waals surface area contributed by atoms with E-state index in [1.54, 1.807) is 24.3 Å². The maximum atomic E-state index is 12.5. The molecule has 0 aromatic heterocycles. The van der Waals surface area contributed by atoms with Gasteiger partial charge in [-0.25, -0.2) is 0 Å². The maximum absolute atomic E-state index is 12.5. The Morgan fingerprint density at radius 1 is 1.20 bits per heavy atom. The van der Waals surface area contributed by atoms with E-state index in [4.69, 9.17) is 5.11 Å². The molecule has 0 aliphatic carbocycles. The van der Waals surface area contributed by atoms with Crippen molar-refractivity contribution in [3.8, 4) is 0 Å². The van der Waals surface area contributed by atoms with Crippen molar-refractivity contribution in [3.05, 3.63) is 28.7 Å². The molecule has 0 radical (unpaired) electrons. The second-order valence-corrected chi connectivity index (χ2v) is 6.06. The van der Waals surface area contributed by atoms with Crippen LogP contribution in [0, 0.1) is 0 Å². The Morgan fingerprint density at radius 2 is 1.88 bits per heavy atom. The molecule has 1 aromatic carbocycles. The van der Waals surface area contributed by atoms with Crippen molar-refractivity contribution in [2.24, 2.45) is 0 Å². The first-order chi connectivity index (χ1) is 11.7. The molecule has 0 fully saturated rings. The Kier molecular flexibility index (Phi) is 8.87. The van der Waals surface area contributed by atoms with Crippen molar-refractivity contribution in [1.29, 1.82) is 0 Å². The highest BCUT2D eigenvalue weighted by atomic mass is 79.9. The van der Waals surface area contributed by atoms with Gasteiger partial charge in [-0.3, -0.25) is 14.5 Å². The molecule has 140 valence electrons. The zero-order valence-corrected chi connectivity index (χ0v) is 14.9. The molecule has 3 N–H and O–H groups in total. The SMILES string of the molecule is O=C(CN(CCCO)CC(F)(F)F)NCC(=O)Nc1ccccc1Br. The number of nitrogens with one attached hydrogen (secondary N) is 2. The number of alkyl halides is 3. The Morgan fingerprint density at radius 3 is 2.48 bits per heavy atom. The minimum absolute atomic E-state index is 0.0768. The van der Waals surface area contributed by atoms with Gasteiger partial charge in [0.15, 0.2) is 0 Å². The van der Waals surface area contributed by atoms with Crippen LogP contribution in [-0.4, -0.2) is 60.8 Å². The zero-order valence-electron chi connectivity index (χ0n) is 13.3. The van der Waals surface area contributed by atoms with Gasteiger partial charge in [-0.15, -0.1) is 0 Å². The topological polar surface area (TPSA) is 81.7 Å². The monoisotopic (exact) mass is 425 g/mol. The lowest BCUT2D eigenvalue weighted by Crippen LogP contribution is -2.44. The van der Waals surface area contributed by atoms with E-state index >= 15 is 0 Å². The lowest BCUT2D eigenvalue weighted by molar-refractivity contribution is -0.149. The average Bonchev–Trinajstić information content (AvgIpc) is 2.51. The first-order valence-electron chi connectivity index (χ1n) is 7.42. The summed E-state index contributed by atoms with van der Waals surface area (Å²) in [6, 6.07) is 6.87. The predicted octanol–water partition coefficient (Wildman–Crippen LogP) is 1.75. The van der Waals surface area contributed by atoms with Crippen molar-refractivity contribution in [2.75, 3.05) is 38.1 Å². The van der Waals surface area contributed by atoms with Crippen LogP contribution in [0.1, 0.15) is 6.42 Å². The lowest BCUT2D eigenvalue weighted by atomic mass is 10.3. The molecular weight excluding hydrogens is 407 g/mol. The number of nitrogens with zero attached hydrogens (tertiary/aromatic N) is 1. The maximum Gasteiger partial charge on any atom is 0.401 e. The summed E-state index contributed by atoms with van der Waals surface area (Å²) >= 11 is 3.25. The van der Waals surface area contributed by atoms with Gasteiger partial charge in [0.25, 0.3) is 0 Å². The largest absolute Gasteiger partial charge is 0.401 e. The van der Waals surface area contributed by atoms with Crippen LogP contribution >= 0.6 is 15.9 Å². The number of amides is 2. The molecule has 0 bridgehead atoms. The van der Waals surface area contributed by atoms with E-state index in [9.17, 15) is 22.8 Å². The molecule has 6 nitrogen and oxygen atoms in total. The number of halogens is 4. The van der Waals surface area contributed by atoms with Gasteiger partial charge in [-0.05, 0) is 34.5 Å². The van der Waals surface area contributed by atoms with Crippen molar-refractivity contribution in [2.45, 2.75) is 12.6 Å². The minimum atomic E-state index is -4.45. The summed E-state index contributed by atoms with van der Waals surface area (Å²) in [6.07, 6.45) is -4.33. The van der Waals surface area contributed by atoms with Gasteiger partial charge in [0.2, 0.25) is 11.8 Å². The molecule has 25 heavy (non-hydrogen) atoms. The summed E-state index contributed by atoms with van der Waals surface area (Å²) in [5, 5.41) is 13.6. The normalized spacial score (nSPS) is 11.4. The Balaban J connectivity index is 2.45. The van der Waals surface area contributed by atoms with Gasteiger partial charge in [-0.2, -0.15) is 13.2 Å². The summed E-state index contributed by atoms with van der Waals surface area (Å²) < 4.78 is 38.1.